The highest BCUT2D eigenvalue weighted by Gasteiger charge is 2.37. The minimum atomic E-state index is -1.08. The van der Waals surface area contributed by atoms with Gasteiger partial charge >= 0.3 is 6.03 Å². The van der Waals surface area contributed by atoms with Crippen LogP contribution in [0.2, 0.25) is 0 Å². The third-order valence-corrected chi connectivity index (χ3v) is 5.83. The molecule has 0 saturated heterocycles. The van der Waals surface area contributed by atoms with Gasteiger partial charge in [0.15, 0.2) is 23.1 Å². The van der Waals surface area contributed by atoms with Crippen LogP contribution in [0.1, 0.15) is 18.2 Å². The quantitative estimate of drug-likeness (QED) is 0.415. The third kappa shape index (κ3) is 4.55. The van der Waals surface area contributed by atoms with Gasteiger partial charge < -0.3 is 20.2 Å². The summed E-state index contributed by atoms with van der Waals surface area (Å²) in [6, 6.07) is 6.97. The van der Waals surface area contributed by atoms with Gasteiger partial charge in [0.1, 0.15) is 11.5 Å². The van der Waals surface area contributed by atoms with E-state index in [9.17, 15) is 9.18 Å². The normalized spacial score (nSPS) is 13.4. The summed E-state index contributed by atoms with van der Waals surface area (Å²) >= 11 is 0. The Labute approximate surface area is 211 Å². The van der Waals surface area contributed by atoms with Crippen LogP contribution in [-0.4, -0.2) is 38.0 Å². The molecule has 11 heteroatoms. The second kappa shape index (κ2) is 10.2. The van der Waals surface area contributed by atoms with E-state index in [2.05, 4.69) is 10.3 Å². The number of anilines is 3. The number of fused-ring (bicyclic) bond motifs is 1. The van der Waals surface area contributed by atoms with Crippen LogP contribution < -0.4 is 24.6 Å². The Morgan fingerprint density at radius 2 is 1.70 bits per heavy atom. The summed E-state index contributed by atoms with van der Waals surface area (Å²) in [6.45, 7) is 1.37. The van der Waals surface area contributed by atoms with Crippen LogP contribution in [-0.2, 0) is 6.54 Å². The first-order valence-electron chi connectivity index (χ1n) is 11.1. The van der Waals surface area contributed by atoms with Crippen LogP contribution in [0.25, 0.3) is 5.57 Å². The van der Waals surface area contributed by atoms with E-state index in [-0.39, 0.29) is 29.4 Å². The molecule has 0 aliphatic carbocycles. The first kappa shape index (κ1) is 25.5. The van der Waals surface area contributed by atoms with E-state index in [1.165, 1.54) is 49.6 Å². The topological polar surface area (TPSA) is 90.8 Å². The second-order valence-electron chi connectivity index (χ2n) is 8.11. The molecule has 2 amide bonds. The second-order valence-corrected chi connectivity index (χ2v) is 8.11. The fraction of sp³-hybridized carbons (Fsp3) is 0.192. The highest BCUT2D eigenvalue weighted by atomic mass is 19.1. The number of urea groups is 1. The minimum absolute atomic E-state index is 0.224. The fourth-order valence-electron chi connectivity index (χ4n) is 4.05. The van der Waals surface area contributed by atoms with Crippen LogP contribution >= 0.6 is 0 Å². The van der Waals surface area contributed by atoms with Gasteiger partial charge in [0.2, 0.25) is 0 Å². The molecule has 1 aromatic heterocycles. The summed E-state index contributed by atoms with van der Waals surface area (Å²) in [5.41, 5.74) is 1.54. The molecular formula is C26H24F3N5O3. The van der Waals surface area contributed by atoms with Crippen molar-refractivity contribution in [1.29, 1.82) is 5.41 Å². The van der Waals surface area contributed by atoms with Crippen LogP contribution in [0.3, 0.4) is 0 Å². The number of ether oxygens (including phenoxy) is 2. The number of hydrogen-bond acceptors (Lipinski definition) is 6. The van der Waals surface area contributed by atoms with E-state index in [1.54, 1.807) is 26.2 Å². The Kier molecular flexibility index (Phi) is 7.05. The number of amides is 2. The van der Waals surface area contributed by atoms with Gasteiger partial charge in [0.05, 0.1) is 37.8 Å². The first-order chi connectivity index (χ1) is 17.7. The number of aromatic nitrogens is 1. The van der Waals surface area contributed by atoms with E-state index in [0.717, 1.165) is 11.0 Å². The van der Waals surface area contributed by atoms with E-state index in [0.29, 0.717) is 22.5 Å². The zero-order valence-electron chi connectivity index (χ0n) is 20.5. The van der Waals surface area contributed by atoms with Gasteiger partial charge in [-0.15, -0.1) is 0 Å². The average Bonchev–Trinajstić information content (AvgIpc) is 2.88. The molecule has 3 aromatic rings. The molecule has 0 radical (unpaired) electrons. The van der Waals surface area contributed by atoms with E-state index in [4.69, 9.17) is 14.9 Å². The predicted octanol–water partition coefficient (Wildman–Crippen LogP) is 5.39. The number of rotatable bonds is 7. The van der Waals surface area contributed by atoms with Crippen molar-refractivity contribution in [3.05, 3.63) is 77.5 Å². The highest BCUT2D eigenvalue weighted by Crippen LogP contribution is 2.43. The summed E-state index contributed by atoms with van der Waals surface area (Å²) in [7, 11) is 4.11. The Morgan fingerprint density at radius 3 is 2.24 bits per heavy atom. The smallest absolute Gasteiger partial charge is 0.334 e. The van der Waals surface area contributed by atoms with Crippen molar-refractivity contribution in [3.63, 3.8) is 0 Å². The maximum Gasteiger partial charge on any atom is 0.334 e. The van der Waals surface area contributed by atoms with Crippen LogP contribution in [0.4, 0.5) is 35.0 Å². The van der Waals surface area contributed by atoms with Gasteiger partial charge in [-0.25, -0.2) is 18.0 Å². The van der Waals surface area contributed by atoms with Crippen LogP contribution in [0, 0.1) is 22.9 Å². The molecule has 192 valence electrons. The Morgan fingerprint density at radius 1 is 1.08 bits per heavy atom. The number of carbonyl (C=O) groups excluding carboxylic acids is 1. The van der Waals surface area contributed by atoms with Crippen molar-refractivity contribution >= 4 is 34.4 Å². The number of halogens is 3. The minimum Gasteiger partial charge on any atom is -0.493 e. The number of benzene rings is 2. The van der Waals surface area contributed by atoms with Crippen LogP contribution in [0.5, 0.6) is 11.5 Å². The maximum atomic E-state index is 15.4. The monoisotopic (exact) mass is 511 g/mol. The first-order valence-corrected chi connectivity index (χ1v) is 11.1. The number of nitrogens with one attached hydrogen (secondary N) is 2. The van der Waals surface area contributed by atoms with Gasteiger partial charge in [0.25, 0.3) is 0 Å². The lowest BCUT2D eigenvalue weighted by Gasteiger charge is -2.37. The molecule has 1 aliphatic heterocycles. The molecule has 1 aliphatic rings. The average molecular weight is 512 g/mol. The Bertz CT molecular complexity index is 1380. The number of hydrogen-bond donors (Lipinski definition) is 2. The summed E-state index contributed by atoms with van der Waals surface area (Å²) in [5, 5.41) is 11.0. The molecule has 0 bridgehead atoms. The third-order valence-electron chi connectivity index (χ3n) is 5.83. The number of carbonyl (C=O) groups is 1. The SMILES string of the molecule is CN/C=C(\C(C)=N)c1cc2c(cn1)CN(c1c(F)c(OC)cc(OC)c1F)C(=O)N2c1ccc(F)cc1. The van der Waals surface area contributed by atoms with Gasteiger partial charge in [-0.3, -0.25) is 14.8 Å². The van der Waals surface area contributed by atoms with Crippen molar-refractivity contribution in [3.8, 4) is 11.5 Å². The molecule has 37 heavy (non-hydrogen) atoms. The van der Waals surface area contributed by atoms with Gasteiger partial charge in [-0.1, -0.05) is 0 Å². The van der Waals surface area contributed by atoms with Crippen molar-refractivity contribution in [2.24, 2.45) is 0 Å². The summed E-state index contributed by atoms with van der Waals surface area (Å²) in [4.78, 5) is 20.4. The number of allylic oxidation sites excluding steroid dienone is 1. The molecule has 2 heterocycles. The lowest BCUT2D eigenvalue weighted by atomic mass is 10.0. The van der Waals surface area contributed by atoms with E-state index >= 15 is 8.78 Å². The predicted molar refractivity (Wildman–Crippen MR) is 134 cm³/mol. The summed E-state index contributed by atoms with van der Waals surface area (Å²) < 4.78 is 54.5. The molecule has 8 nitrogen and oxygen atoms in total. The van der Waals surface area contributed by atoms with Gasteiger partial charge in [-0.05, 0) is 37.3 Å². The Hall–Kier alpha value is -4.54. The fourth-order valence-corrected chi connectivity index (χ4v) is 4.05. The summed E-state index contributed by atoms with van der Waals surface area (Å²) in [6.07, 6.45) is 3.07. The van der Waals surface area contributed by atoms with Crippen molar-refractivity contribution < 1.29 is 27.4 Å². The van der Waals surface area contributed by atoms with Crippen LogP contribution in [0.15, 0.2) is 48.8 Å². The molecule has 0 atom stereocenters. The molecule has 0 saturated carbocycles. The molecule has 0 unspecified atom stereocenters. The standard InChI is InChI=1S/C26H24F3N5O3/c1-14(30)18(12-31-2)19-9-20-15(11-32-19)13-33(26(35)34(20)17-7-5-16(27)6-8-17)25-23(28)21(36-3)10-22(37-4)24(25)29/h5-12,30-31H,13H2,1-4H3/b18-12+,30-14?. The number of methoxy groups -OCH3 is 2. The molecule has 2 aromatic carbocycles. The van der Waals surface area contributed by atoms with Crippen molar-refractivity contribution in [2.45, 2.75) is 13.5 Å². The molecule has 0 fully saturated rings. The van der Waals surface area contributed by atoms with Crippen molar-refractivity contribution in [2.75, 3.05) is 31.1 Å². The highest BCUT2D eigenvalue weighted by molar-refractivity contribution is 6.21. The van der Waals surface area contributed by atoms with Gasteiger partial charge in [-0.2, -0.15) is 0 Å². The largest absolute Gasteiger partial charge is 0.493 e. The maximum absolute atomic E-state index is 15.4. The summed E-state index contributed by atoms with van der Waals surface area (Å²) in [5.74, 6) is -3.30. The zero-order chi connectivity index (χ0) is 26.9. The lowest BCUT2D eigenvalue weighted by molar-refractivity contribution is 0.251. The van der Waals surface area contributed by atoms with Gasteiger partial charge in [0, 0.05) is 42.4 Å². The molecular weight excluding hydrogens is 487 g/mol. The Balaban J connectivity index is 1.95. The molecule has 0 spiro atoms. The van der Waals surface area contributed by atoms with Crippen molar-refractivity contribution in [1.82, 2.24) is 10.3 Å². The lowest BCUT2D eigenvalue weighted by Crippen LogP contribution is -2.46. The van der Waals surface area contributed by atoms with E-state index < -0.39 is 29.2 Å². The number of pyridine rings is 1. The molecule has 4 rings (SSSR count). The molecule has 2 N–H and O–H groups in total. The van der Waals surface area contributed by atoms with E-state index in [1.807, 2.05) is 0 Å². The zero-order valence-corrected chi connectivity index (χ0v) is 20.5. The number of nitrogens with zero attached hydrogens (tertiary/aromatic N) is 3.